The van der Waals surface area contributed by atoms with Gasteiger partial charge in [0, 0.05) is 46.3 Å². The molecule has 0 bridgehead atoms. The van der Waals surface area contributed by atoms with Gasteiger partial charge in [0.1, 0.15) is 11.5 Å². The van der Waals surface area contributed by atoms with Gasteiger partial charge in [-0.3, -0.25) is 5.32 Å². The molecule has 1 aliphatic rings. The van der Waals surface area contributed by atoms with E-state index < -0.39 is 0 Å². The van der Waals surface area contributed by atoms with Gasteiger partial charge in [0.15, 0.2) is 17.3 Å². The van der Waals surface area contributed by atoms with Crippen LogP contribution < -0.4 is 5.32 Å². The topological polar surface area (TPSA) is 92.0 Å². The van der Waals surface area contributed by atoms with Crippen molar-refractivity contribution in [1.29, 1.82) is 5.41 Å². The zero-order chi connectivity index (χ0) is 37.5. The first-order valence-corrected chi connectivity index (χ1v) is 18.2. The molecule has 0 saturated carbocycles. The monoisotopic (exact) mass is 715 g/mol. The number of nitrogens with zero attached hydrogens (tertiary/aromatic N) is 4. The Morgan fingerprint density at radius 1 is 0.564 bits per heavy atom. The summed E-state index contributed by atoms with van der Waals surface area (Å²) in [7, 11) is 0. The summed E-state index contributed by atoms with van der Waals surface area (Å²) in [6.07, 6.45) is 5.02. The molecule has 2 heterocycles. The second-order valence-corrected chi connectivity index (χ2v) is 14.3. The quantitative estimate of drug-likeness (QED) is 0.121. The van der Waals surface area contributed by atoms with Crippen LogP contribution in [0.4, 0.5) is 15.8 Å². The van der Waals surface area contributed by atoms with Crippen molar-refractivity contribution < 1.29 is 9.71 Å². The summed E-state index contributed by atoms with van der Waals surface area (Å²) in [6, 6.07) is 47.8. The molecule has 0 atom stereocenters. The first-order chi connectivity index (χ1) is 26.9. The van der Waals surface area contributed by atoms with Crippen LogP contribution in [0, 0.1) is 11.2 Å². The Morgan fingerprint density at radius 3 is 1.80 bits per heavy atom. The predicted octanol–water partition coefficient (Wildman–Crippen LogP) is 10.6. The highest BCUT2D eigenvalue weighted by Gasteiger charge is 2.38. The maximum atomic E-state index is 13.9. The molecule has 0 fully saturated rings. The molecule has 2 aromatic heterocycles. The third kappa shape index (κ3) is 6.30. The molecule has 0 aliphatic heterocycles. The lowest BCUT2D eigenvalue weighted by Gasteiger charge is -2.21. The average Bonchev–Trinajstić information content (AvgIpc) is 3.48. The van der Waals surface area contributed by atoms with E-state index in [-0.39, 0.29) is 11.2 Å². The van der Waals surface area contributed by atoms with E-state index in [4.69, 9.17) is 25.3 Å². The molecule has 0 saturated heterocycles. The number of hydrogen-bond donors (Lipinski definition) is 2. The van der Waals surface area contributed by atoms with Gasteiger partial charge in [-0.2, -0.15) is 0 Å². The van der Waals surface area contributed by atoms with E-state index >= 15 is 0 Å². The molecular weight excluding hydrogens is 680 g/mol. The molecule has 7 heteroatoms. The first-order valence-electron chi connectivity index (χ1n) is 18.2. The summed E-state index contributed by atoms with van der Waals surface area (Å²) in [5.74, 6) is 0.455. The van der Waals surface area contributed by atoms with Crippen molar-refractivity contribution in [3.05, 3.63) is 180 Å². The number of halogens is 1. The van der Waals surface area contributed by atoms with Gasteiger partial charge in [0.2, 0.25) is 0 Å². The van der Waals surface area contributed by atoms with E-state index in [0.29, 0.717) is 23.0 Å². The number of nitrogens with one attached hydrogen (secondary N) is 1. The molecule has 3 N–H and O–H groups in total. The van der Waals surface area contributed by atoms with Gasteiger partial charge in [-0.15, -0.1) is 0 Å². The van der Waals surface area contributed by atoms with Crippen LogP contribution in [0.3, 0.4) is 0 Å². The van der Waals surface area contributed by atoms with E-state index in [1.807, 2.05) is 36.4 Å². The van der Waals surface area contributed by atoms with Crippen LogP contribution in [0.2, 0.25) is 0 Å². The summed E-state index contributed by atoms with van der Waals surface area (Å²) in [5, 5.41) is 10.4. The van der Waals surface area contributed by atoms with E-state index in [2.05, 4.69) is 104 Å². The van der Waals surface area contributed by atoms with E-state index in [9.17, 15) is 4.39 Å². The highest BCUT2D eigenvalue weighted by molar-refractivity contribution is 5.95. The van der Waals surface area contributed by atoms with E-state index in [1.54, 1.807) is 24.5 Å². The highest BCUT2D eigenvalue weighted by atomic mass is 19.1. The fraction of sp³-hybridized carbons (Fsp3) is 0.0625. The van der Waals surface area contributed by atoms with Crippen molar-refractivity contribution in [3.63, 3.8) is 0 Å². The number of fused-ring (bicyclic) bond motifs is 3. The fourth-order valence-electron chi connectivity index (χ4n) is 7.58. The lowest BCUT2D eigenvalue weighted by atomic mass is 9.82. The van der Waals surface area contributed by atoms with Crippen molar-refractivity contribution in [3.8, 4) is 67.5 Å². The van der Waals surface area contributed by atoms with Gasteiger partial charge in [-0.05, 0) is 94.0 Å². The molecule has 8 aromatic rings. The number of aromatic nitrogens is 4. The third-order valence-corrected chi connectivity index (χ3v) is 10.5. The van der Waals surface area contributed by atoms with Crippen LogP contribution in [0.5, 0.6) is 0 Å². The van der Waals surface area contributed by atoms with Gasteiger partial charge in [0.05, 0.1) is 17.0 Å². The Labute approximate surface area is 319 Å². The van der Waals surface area contributed by atoms with E-state index in [0.717, 1.165) is 50.3 Å². The molecule has 0 amide bonds. The van der Waals surface area contributed by atoms with Crippen molar-refractivity contribution >= 4 is 17.6 Å². The Balaban J connectivity index is 1.01. The molecule has 6 aromatic carbocycles. The summed E-state index contributed by atoms with van der Waals surface area (Å²) in [6.45, 7) is 4.54. The molecule has 6 nitrogen and oxygen atoms in total. The molecular formula is C48H36FN6+. The Hall–Kier alpha value is -6.96. The molecule has 55 heavy (non-hydrogen) atoms. The maximum absolute atomic E-state index is 13.9. The fourth-order valence-corrected chi connectivity index (χ4v) is 7.58. The van der Waals surface area contributed by atoms with Crippen LogP contribution in [-0.2, 0) is 5.41 Å². The highest BCUT2D eigenvalue weighted by Crippen LogP contribution is 2.51. The second-order valence-electron chi connectivity index (χ2n) is 14.3. The molecule has 9 rings (SSSR count). The Bertz CT molecular complexity index is 2690. The molecule has 0 radical (unpaired) electrons. The van der Waals surface area contributed by atoms with Crippen LogP contribution >= 0.6 is 0 Å². The number of rotatable bonds is 8. The number of benzene rings is 6. The van der Waals surface area contributed by atoms with Crippen molar-refractivity contribution in [2.45, 2.75) is 19.3 Å². The number of hydrogen-bond acceptors (Lipinski definition) is 5. The Morgan fingerprint density at radius 2 is 1.13 bits per heavy atom. The number of nitrogens with two attached hydrogens (primary N) is 1. The second kappa shape index (κ2) is 13.8. The van der Waals surface area contributed by atoms with Crippen LogP contribution in [0.25, 0.3) is 67.5 Å². The zero-order valence-electron chi connectivity index (χ0n) is 30.3. The van der Waals surface area contributed by atoms with Crippen molar-refractivity contribution in [2.75, 3.05) is 0 Å². The van der Waals surface area contributed by atoms with Gasteiger partial charge >= 0.3 is 0 Å². The van der Waals surface area contributed by atoms with Crippen molar-refractivity contribution in [1.82, 2.24) is 19.9 Å². The maximum Gasteiger partial charge on any atom is 0.198 e. The van der Waals surface area contributed by atoms with Gasteiger partial charge in [-0.1, -0.05) is 98.8 Å². The molecule has 0 spiro atoms. The van der Waals surface area contributed by atoms with Gasteiger partial charge in [0.25, 0.3) is 0 Å². The minimum absolute atomic E-state index is 0.117. The molecule has 0 unspecified atom stereocenters. The predicted molar refractivity (Wildman–Crippen MR) is 218 cm³/mol. The first kappa shape index (κ1) is 33.8. The van der Waals surface area contributed by atoms with Crippen LogP contribution in [0.15, 0.2) is 158 Å². The summed E-state index contributed by atoms with van der Waals surface area (Å²) in [4.78, 5) is 19.2. The van der Waals surface area contributed by atoms with Crippen molar-refractivity contribution in [2.24, 2.45) is 0 Å². The van der Waals surface area contributed by atoms with Gasteiger partial charge < -0.3 is 5.41 Å². The standard InChI is InChI=1S/C48H35FN6/c1-48(2)40-11-7-6-10-39(40)44-41(48)25-20-35(27-50)45(44)53-38-23-18-32(19-24-38)36-28-51-46(52-29-36)47-54-42(26-43(55-47)34-16-21-37(49)22-17-34)33-14-12-31(13-15-33)30-8-4-3-5-9-30/h3-29,50,53H,1-2H3/p+1. The lowest BCUT2D eigenvalue weighted by molar-refractivity contribution is -0.478. The third-order valence-electron chi connectivity index (χ3n) is 10.5. The lowest BCUT2D eigenvalue weighted by Crippen LogP contribution is -2.71. The van der Waals surface area contributed by atoms with Gasteiger partial charge in [-0.25, -0.2) is 24.3 Å². The summed E-state index contributed by atoms with van der Waals surface area (Å²) >= 11 is 0. The summed E-state index contributed by atoms with van der Waals surface area (Å²) in [5.41, 5.74) is 15.0. The normalized spacial score (nSPS) is 12.6. The number of quaternary nitrogens is 1. The SMILES string of the molecule is CC1(C)c2ccccc2-c2c1ccc(C=N)c2[NH2+]c1ccc(-c2cnc(-c3nc(-c4ccc(F)cc4)cc(-c4ccc(-c5ccccc5)cc4)n3)nc2)cc1. The average molecular weight is 716 g/mol. The largest absolute Gasteiger partial charge is 0.308 e. The summed E-state index contributed by atoms with van der Waals surface area (Å²) < 4.78 is 13.9. The molecule has 264 valence electrons. The zero-order valence-corrected chi connectivity index (χ0v) is 30.3. The molecule has 1 aliphatic carbocycles. The minimum atomic E-state index is -0.311. The smallest absolute Gasteiger partial charge is 0.198 e. The minimum Gasteiger partial charge on any atom is -0.308 e. The van der Waals surface area contributed by atoms with Crippen LogP contribution in [-0.4, -0.2) is 26.2 Å². The Kier molecular flexibility index (Phi) is 8.49. The van der Waals surface area contributed by atoms with E-state index in [1.165, 1.54) is 40.6 Å². The van der Waals surface area contributed by atoms with Crippen LogP contribution in [0.1, 0.15) is 30.5 Å².